The molecule has 1 unspecified atom stereocenters. The van der Waals surface area contributed by atoms with Crippen molar-refractivity contribution in [2.24, 2.45) is 0 Å². The lowest BCUT2D eigenvalue weighted by molar-refractivity contribution is -0.142. The maximum Gasteiger partial charge on any atom is 0.308 e. The Balaban J connectivity index is 3.10. The van der Waals surface area contributed by atoms with Gasteiger partial charge in [-0.3, -0.25) is 4.79 Å². The van der Waals surface area contributed by atoms with Crippen molar-refractivity contribution in [3.63, 3.8) is 0 Å². The lowest BCUT2D eigenvalue weighted by Crippen LogP contribution is -2.42. The summed E-state index contributed by atoms with van der Waals surface area (Å²) < 4.78 is 11.3. The van der Waals surface area contributed by atoms with Gasteiger partial charge in [0.25, 0.3) is 0 Å². The van der Waals surface area contributed by atoms with Crippen molar-refractivity contribution in [2.45, 2.75) is 58.4 Å². The summed E-state index contributed by atoms with van der Waals surface area (Å²) in [5, 5.41) is 0.101. The van der Waals surface area contributed by atoms with Crippen molar-refractivity contribution < 1.29 is 14.0 Å². The summed E-state index contributed by atoms with van der Waals surface area (Å²) in [5.41, 5.74) is 2.22. The molecule has 0 aliphatic rings. The van der Waals surface area contributed by atoms with Gasteiger partial charge in [-0.2, -0.15) is 0 Å². The van der Waals surface area contributed by atoms with Crippen LogP contribution in [0.2, 0.25) is 18.1 Å². The molecule has 1 aromatic carbocycles. The van der Waals surface area contributed by atoms with Crippen LogP contribution in [0.1, 0.15) is 44.4 Å². The lowest BCUT2D eigenvalue weighted by atomic mass is 10.0. The highest BCUT2D eigenvalue weighted by atomic mass is 28.4. The average molecular weight is 308 g/mol. The molecule has 118 valence electrons. The molecule has 0 aromatic heterocycles. The zero-order valence-corrected chi connectivity index (χ0v) is 15.3. The molecule has 0 amide bonds. The second-order valence-electron chi connectivity index (χ2n) is 7.00. The van der Waals surface area contributed by atoms with Crippen LogP contribution in [0.3, 0.4) is 0 Å². The number of rotatable bonds is 5. The highest BCUT2D eigenvalue weighted by Crippen LogP contribution is 2.41. The number of ether oxygens (including phenoxy) is 1. The molecule has 0 saturated heterocycles. The maximum atomic E-state index is 11.8. The normalized spacial score (nSPS) is 13.9. The quantitative estimate of drug-likeness (QED) is 0.588. The number of carbonyl (C=O) groups excluding carboxylic acids is 1. The Morgan fingerprint density at radius 2 is 1.81 bits per heavy atom. The molecule has 21 heavy (non-hydrogen) atoms. The fraction of sp³-hybridized carbons (Fsp3) is 0.588. The minimum Gasteiger partial charge on any atom is -0.469 e. The highest BCUT2D eigenvalue weighted by molar-refractivity contribution is 6.74. The first-order chi connectivity index (χ1) is 9.58. The Hall–Kier alpha value is -1.13. The number of carbonyl (C=O) groups is 1. The summed E-state index contributed by atoms with van der Waals surface area (Å²) in [6.07, 6.45) is 0.0213. The maximum absolute atomic E-state index is 11.8. The second-order valence-corrected chi connectivity index (χ2v) is 11.8. The van der Waals surface area contributed by atoms with E-state index in [2.05, 4.69) is 46.9 Å². The van der Waals surface area contributed by atoms with Crippen LogP contribution in [0.5, 0.6) is 0 Å². The van der Waals surface area contributed by atoms with Crippen LogP contribution in [-0.4, -0.2) is 21.4 Å². The molecule has 1 atom stereocenters. The molecule has 0 radical (unpaired) electrons. The van der Waals surface area contributed by atoms with Crippen molar-refractivity contribution in [2.75, 3.05) is 7.11 Å². The number of esters is 1. The average Bonchev–Trinajstić information content (AvgIpc) is 2.36. The largest absolute Gasteiger partial charge is 0.469 e. The van der Waals surface area contributed by atoms with Gasteiger partial charge in [-0.25, -0.2) is 0 Å². The van der Waals surface area contributed by atoms with Gasteiger partial charge in [-0.1, -0.05) is 45.0 Å². The fourth-order valence-electron chi connectivity index (χ4n) is 1.93. The molecule has 0 N–H and O–H groups in total. The number of hydrogen-bond acceptors (Lipinski definition) is 3. The van der Waals surface area contributed by atoms with E-state index in [1.165, 1.54) is 7.11 Å². The van der Waals surface area contributed by atoms with E-state index >= 15 is 0 Å². The van der Waals surface area contributed by atoms with Crippen LogP contribution in [0.15, 0.2) is 24.3 Å². The van der Waals surface area contributed by atoms with E-state index in [-0.39, 0.29) is 23.5 Å². The Labute approximate surface area is 129 Å². The van der Waals surface area contributed by atoms with Crippen LogP contribution in [0.25, 0.3) is 0 Å². The molecule has 1 rings (SSSR count). The van der Waals surface area contributed by atoms with Gasteiger partial charge in [0.05, 0.1) is 19.6 Å². The summed E-state index contributed by atoms with van der Waals surface area (Å²) in [5.74, 6) is -0.234. The van der Waals surface area contributed by atoms with E-state index in [9.17, 15) is 4.79 Å². The number of methoxy groups -OCH3 is 1. The van der Waals surface area contributed by atoms with E-state index in [0.717, 1.165) is 11.1 Å². The molecule has 0 aliphatic carbocycles. The first-order valence-corrected chi connectivity index (χ1v) is 10.3. The van der Waals surface area contributed by atoms with Gasteiger partial charge < -0.3 is 9.16 Å². The third kappa shape index (κ3) is 4.68. The predicted octanol–water partition coefficient (Wildman–Crippen LogP) is 4.62. The van der Waals surface area contributed by atoms with Crippen molar-refractivity contribution in [3.05, 3.63) is 35.4 Å². The van der Waals surface area contributed by atoms with E-state index in [0.29, 0.717) is 0 Å². The Morgan fingerprint density at radius 3 is 2.29 bits per heavy atom. The zero-order valence-electron chi connectivity index (χ0n) is 14.3. The van der Waals surface area contributed by atoms with E-state index in [1.54, 1.807) is 0 Å². The first-order valence-electron chi connectivity index (χ1n) is 7.38. The Bertz CT molecular complexity index is 489. The van der Waals surface area contributed by atoms with Crippen molar-refractivity contribution in [1.82, 2.24) is 0 Å². The molecular formula is C17H28O3Si. The molecule has 0 bridgehead atoms. The molecule has 4 heteroatoms. The summed E-state index contributed by atoms with van der Waals surface area (Å²) in [7, 11) is -0.541. The van der Waals surface area contributed by atoms with Gasteiger partial charge in [0.1, 0.15) is 0 Å². The monoisotopic (exact) mass is 308 g/mol. The first kappa shape index (κ1) is 17.9. The van der Waals surface area contributed by atoms with Gasteiger partial charge in [-0.05, 0) is 36.2 Å². The predicted molar refractivity (Wildman–Crippen MR) is 88.8 cm³/mol. The summed E-state index contributed by atoms with van der Waals surface area (Å²) >= 11 is 0. The van der Waals surface area contributed by atoms with E-state index < -0.39 is 8.32 Å². The van der Waals surface area contributed by atoms with E-state index in [4.69, 9.17) is 9.16 Å². The van der Waals surface area contributed by atoms with Gasteiger partial charge in [0.15, 0.2) is 8.32 Å². The molecule has 1 aromatic rings. The molecular weight excluding hydrogens is 280 g/mol. The van der Waals surface area contributed by atoms with Gasteiger partial charge in [0.2, 0.25) is 0 Å². The molecule has 0 aliphatic heterocycles. The molecule has 3 nitrogen and oxygen atoms in total. The van der Waals surface area contributed by atoms with Crippen molar-refractivity contribution in [1.29, 1.82) is 0 Å². The highest BCUT2D eigenvalue weighted by Gasteiger charge is 2.40. The van der Waals surface area contributed by atoms with Crippen LogP contribution in [-0.2, 0) is 14.0 Å². The lowest BCUT2D eigenvalue weighted by Gasteiger charge is -2.39. The minimum absolute atomic E-state index is 0.101. The van der Waals surface area contributed by atoms with Gasteiger partial charge >= 0.3 is 5.97 Å². The van der Waals surface area contributed by atoms with Crippen molar-refractivity contribution in [3.8, 4) is 0 Å². The standard InChI is InChI=1S/C17H28O3Si/c1-13-10-8-9-11-14(13)15(12-16(18)19-5)20-21(6,7)17(2,3)4/h8-11,15H,12H2,1-7H3. The summed E-state index contributed by atoms with van der Waals surface area (Å²) in [4.78, 5) is 11.8. The SMILES string of the molecule is COC(=O)CC(O[Si](C)(C)C(C)(C)C)c1ccccc1C. The third-order valence-electron chi connectivity index (χ3n) is 4.36. The van der Waals surface area contributed by atoms with Crippen LogP contribution in [0, 0.1) is 6.92 Å². The fourth-order valence-corrected chi connectivity index (χ4v) is 3.21. The smallest absolute Gasteiger partial charge is 0.308 e. The van der Waals surface area contributed by atoms with Crippen LogP contribution in [0.4, 0.5) is 0 Å². The van der Waals surface area contributed by atoms with Gasteiger partial charge in [0, 0.05) is 0 Å². The number of aryl methyl sites for hydroxylation is 1. The molecule has 0 heterocycles. The topological polar surface area (TPSA) is 35.5 Å². The van der Waals surface area contributed by atoms with Gasteiger partial charge in [-0.15, -0.1) is 0 Å². The minimum atomic E-state index is -1.96. The van der Waals surface area contributed by atoms with E-state index in [1.807, 2.05) is 18.2 Å². The molecule has 0 saturated carbocycles. The molecule has 0 spiro atoms. The van der Waals surface area contributed by atoms with Crippen molar-refractivity contribution >= 4 is 14.3 Å². The third-order valence-corrected chi connectivity index (χ3v) is 8.84. The van der Waals surface area contributed by atoms with Crippen LogP contribution < -0.4 is 0 Å². The Kier molecular flexibility index (Phi) is 5.76. The summed E-state index contributed by atoms with van der Waals surface area (Å²) in [6, 6.07) is 8.08. The second kappa shape index (κ2) is 6.75. The molecule has 0 fully saturated rings. The number of benzene rings is 1. The zero-order chi connectivity index (χ0) is 16.3. The summed E-state index contributed by atoms with van der Waals surface area (Å²) in [6.45, 7) is 13.1. The Morgan fingerprint density at radius 1 is 1.24 bits per heavy atom. The number of hydrogen-bond donors (Lipinski definition) is 0. The van der Waals surface area contributed by atoms with Crippen LogP contribution >= 0.6 is 0 Å².